The summed E-state index contributed by atoms with van der Waals surface area (Å²) in [6, 6.07) is 3.78. The normalized spacial score (nSPS) is 14.9. The highest BCUT2D eigenvalue weighted by molar-refractivity contribution is 6.28. The molecular weight excluding hydrogens is 416 g/mol. The van der Waals surface area contributed by atoms with Crippen molar-refractivity contribution in [2.24, 2.45) is 17.4 Å². The van der Waals surface area contributed by atoms with Gasteiger partial charge in [0.05, 0.1) is 11.7 Å². The number of benzene rings is 1. The van der Waals surface area contributed by atoms with Gasteiger partial charge in [-0.15, -0.1) is 0 Å². The minimum Gasteiger partial charge on any atom is -0.352 e. The fourth-order valence-corrected chi connectivity index (χ4v) is 2.94. The second-order valence-electron chi connectivity index (χ2n) is 7.65. The second kappa shape index (κ2) is 11.0. The van der Waals surface area contributed by atoms with Crippen LogP contribution in [0.1, 0.15) is 26.7 Å². The van der Waals surface area contributed by atoms with E-state index in [-0.39, 0.29) is 18.9 Å². The van der Waals surface area contributed by atoms with Gasteiger partial charge >= 0.3 is 6.03 Å². The van der Waals surface area contributed by atoms with E-state index in [1.807, 2.05) is 0 Å². The van der Waals surface area contributed by atoms with Crippen LogP contribution < -0.4 is 32.3 Å². The van der Waals surface area contributed by atoms with Crippen LogP contribution >= 0.6 is 0 Å². The van der Waals surface area contributed by atoms with Crippen molar-refractivity contribution in [2.75, 3.05) is 16.8 Å². The number of hydrogen-bond donors (Lipinski definition) is 5. The molecule has 0 saturated carbocycles. The van der Waals surface area contributed by atoms with Crippen molar-refractivity contribution in [1.29, 1.82) is 0 Å². The molecule has 1 heterocycles. The monoisotopic (exact) mass is 444 g/mol. The van der Waals surface area contributed by atoms with Crippen molar-refractivity contribution >= 4 is 41.0 Å². The minimum atomic E-state index is -0.896. The first kappa shape index (κ1) is 24.5. The van der Waals surface area contributed by atoms with E-state index in [2.05, 4.69) is 16.0 Å². The summed E-state index contributed by atoms with van der Waals surface area (Å²) in [5, 5.41) is 7.77. The Labute approximate surface area is 185 Å². The van der Waals surface area contributed by atoms with Crippen LogP contribution in [0.2, 0.25) is 0 Å². The number of anilines is 2. The second-order valence-corrected chi connectivity index (χ2v) is 7.65. The van der Waals surface area contributed by atoms with Gasteiger partial charge in [-0.2, -0.15) is 0 Å². The Hall–Kier alpha value is -3.73. The number of amides is 6. The first-order valence-electron chi connectivity index (χ1n) is 10.2. The third-order valence-electron chi connectivity index (χ3n) is 4.83. The van der Waals surface area contributed by atoms with Gasteiger partial charge in [0.15, 0.2) is 0 Å². The molecule has 7 N–H and O–H groups in total. The van der Waals surface area contributed by atoms with Crippen molar-refractivity contribution in [1.82, 2.24) is 10.6 Å². The molecule has 0 radical (unpaired) electrons. The highest BCUT2D eigenvalue weighted by Crippen LogP contribution is 2.21. The van der Waals surface area contributed by atoms with Crippen LogP contribution in [-0.2, 0) is 19.2 Å². The van der Waals surface area contributed by atoms with Crippen molar-refractivity contribution < 1.29 is 24.0 Å². The van der Waals surface area contributed by atoms with Gasteiger partial charge in [0.1, 0.15) is 6.04 Å². The average Bonchev–Trinajstić information content (AvgIpc) is 3.07. The van der Waals surface area contributed by atoms with E-state index in [1.165, 1.54) is 24.3 Å². The highest BCUT2D eigenvalue weighted by atomic mass is 16.2. The number of primary amides is 1. The van der Waals surface area contributed by atoms with Gasteiger partial charge < -0.3 is 27.4 Å². The summed E-state index contributed by atoms with van der Waals surface area (Å²) in [6.07, 6.45) is 2.99. The smallest absolute Gasteiger partial charge is 0.312 e. The van der Waals surface area contributed by atoms with E-state index in [0.717, 1.165) is 4.90 Å². The summed E-state index contributed by atoms with van der Waals surface area (Å²) in [7, 11) is 0. The molecule has 1 aromatic rings. The van der Waals surface area contributed by atoms with E-state index in [0.29, 0.717) is 17.8 Å². The van der Waals surface area contributed by atoms with E-state index < -0.39 is 41.7 Å². The lowest BCUT2D eigenvalue weighted by atomic mass is 10.0. The molecule has 172 valence electrons. The SMILES string of the molecule is CC(C)C(N)C(=O)N[C@@H](CCCNC(N)=O)C(=O)Nc1ccc(N2C(=O)C=CC2=O)cc1. The maximum absolute atomic E-state index is 12.8. The third kappa shape index (κ3) is 6.64. The van der Waals surface area contributed by atoms with Gasteiger partial charge in [-0.1, -0.05) is 13.8 Å². The first-order valence-corrected chi connectivity index (χ1v) is 10.2. The van der Waals surface area contributed by atoms with Gasteiger partial charge in [-0.25, -0.2) is 9.69 Å². The molecule has 0 fully saturated rings. The summed E-state index contributed by atoms with van der Waals surface area (Å²) in [6.45, 7) is 3.83. The van der Waals surface area contributed by atoms with Crippen LogP contribution in [0.15, 0.2) is 36.4 Å². The summed E-state index contributed by atoms with van der Waals surface area (Å²) in [5.74, 6) is -1.94. The zero-order valence-corrected chi connectivity index (χ0v) is 18.0. The summed E-state index contributed by atoms with van der Waals surface area (Å²) in [4.78, 5) is 60.5. The Balaban J connectivity index is 2.05. The molecule has 6 amide bonds. The molecule has 0 saturated heterocycles. The van der Waals surface area contributed by atoms with E-state index in [4.69, 9.17) is 11.5 Å². The van der Waals surface area contributed by atoms with Crippen LogP contribution in [0.5, 0.6) is 0 Å². The van der Waals surface area contributed by atoms with Gasteiger partial charge in [0.25, 0.3) is 11.8 Å². The molecule has 32 heavy (non-hydrogen) atoms. The minimum absolute atomic E-state index is 0.117. The average molecular weight is 444 g/mol. The number of carbonyl (C=O) groups is 5. The van der Waals surface area contributed by atoms with Crippen LogP contribution in [-0.4, -0.2) is 48.3 Å². The lowest BCUT2D eigenvalue weighted by Gasteiger charge is -2.22. The molecule has 11 nitrogen and oxygen atoms in total. The number of nitrogens with one attached hydrogen (secondary N) is 3. The first-order chi connectivity index (χ1) is 15.1. The van der Waals surface area contributed by atoms with Gasteiger partial charge in [-0.3, -0.25) is 19.2 Å². The van der Waals surface area contributed by atoms with Gasteiger partial charge in [0, 0.05) is 24.4 Å². The Morgan fingerprint density at radius 1 is 1.00 bits per heavy atom. The molecule has 1 aliphatic heterocycles. The molecule has 2 rings (SSSR count). The number of carbonyl (C=O) groups excluding carboxylic acids is 5. The fraction of sp³-hybridized carbons (Fsp3) is 0.381. The molecule has 0 aliphatic carbocycles. The number of rotatable bonds is 10. The van der Waals surface area contributed by atoms with E-state index in [1.54, 1.807) is 26.0 Å². The molecule has 1 unspecified atom stereocenters. The lowest BCUT2D eigenvalue weighted by molar-refractivity contribution is -0.128. The third-order valence-corrected chi connectivity index (χ3v) is 4.83. The van der Waals surface area contributed by atoms with Crippen molar-refractivity contribution in [3.05, 3.63) is 36.4 Å². The number of hydrogen-bond acceptors (Lipinski definition) is 6. The predicted octanol–water partition coefficient (Wildman–Crippen LogP) is -0.0289. The number of imide groups is 1. The lowest BCUT2D eigenvalue weighted by Crippen LogP contribution is -2.51. The molecule has 0 aromatic heterocycles. The maximum atomic E-state index is 12.8. The predicted molar refractivity (Wildman–Crippen MR) is 118 cm³/mol. The quantitative estimate of drug-likeness (QED) is 0.250. The van der Waals surface area contributed by atoms with Gasteiger partial charge in [0.2, 0.25) is 11.8 Å². The molecule has 0 spiro atoms. The Kier molecular flexibility index (Phi) is 8.47. The number of nitrogens with two attached hydrogens (primary N) is 2. The van der Waals surface area contributed by atoms with E-state index >= 15 is 0 Å². The van der Waals surface area contributed by atoms with E-state index in [9.17, 15) is 24.0 Å². The summed E-state index contributed by atoms with van der Waals surface area (Å²) < 4.78 is 0. The molecule has 1 aromatic carbocycles. The Bertz CT molecular complexity index is 894. The van der Waals surface area contributed by atoms with Crippen molar-refractivity contribution in [3.63, 3.8) is 0 Å². The summed E-state index contributed by atoms with van der Waals surface area (Å²) in [5.41, 5.74) is 11.7. The Morgan fingerprint density at radius 2 is 1.59 bits per heavy atom. The van der Waals surface area contributed by atoms with Crippen molar-refractivity contribution in [2.45, 2.75) is 38.8 Å². The topological polar surface area (TPSA) is 177 Å². The zero-order chi connectivity index (χ0) is 23.8. The zero-order valence-electron chi connectivity index (χ0n) is 18.0. The number of urea groups is 1. The van der Waals surface area contributed by atoms with Crippen LogP contribution in [0.25, 0.3) is 0 Å². The molecule has 1 aliphatic rings. The Morgan fingerprint density at radius 3 is 2.12 bits per heavy atom. The fourth-order valence-electron chi connectivity index (χ4n) is 2.94. The maximum Gasteiger partial charge on any atom is 0.312 e. The molecule has 11 heteroatoms. The van der Waals surface area contributed by atoms with Crippen LogP contribution in [0.4, 0.5) is 16.2 Å². The van der Waals surface area contributed by atoms with Crippen molar-refractivity contribution in [3.8, 4) is 0 Å². The molecule has 2 atom stereocenters. The standard InChI is InChI=1S/C21H28N6O5/c1-12(2)18(22)20(31)26-15(4-3-11-24-21(23)32)19(30)25-13-5-7-14(8-6-13)27-16(28)9-10-17(27)29/h5-10,12,15,18H,3-4,11,22H2,1-2H3,(H,25,30)(H,26,31)(H3,23,24,32)/t15-,18?/m0/s1. The molecule has 0 bridgehead atoms. The van der Waals surface area contributed by atoms with Crippen LogP contribution in [0, 0.1) is 5.92 Å². The van der Waals surface area contributed by atoms with Crippen LogP contribution in [0.3, 0.4) is 0 Å². The van der Waals surface area contributed by atoms with Gasteiger partial charge in [-0.05, 0) is 43.0 Å². The largest absolute Gasteiger partial charge is 0.352 e. The summed E-state index contributed by atoms with van der Waals surface area (Å²) >= 11 is 0. The highest BCUT2D eigenvalue weighted by Gasteiger charge is 2.26. The molecular formula is C21H28N6O5. The number of nitrogens with zero attached hydrogens (tertiary/aromatic N) is 1.